The van der Waals surface area contributed by atoms with Gasteiger partial charge in [-0.15, -0.1) is 0 Å². The average molecular weight is 242 g/mol. The van der Waals surface area contributed by atoms with E-state index in [9.17, 15) is 9.59 Å². The Labute approximate surface area is 102 Å². The van der Waals surface area contributed by atoms with E-state index >= 15 is 0 Å². The zero-order valence-corrected chi connectivity index (χ0v) is 10.3. The van der Waals surface area contributed by atoms with Crippen LogP contribution in [0.1, 0.15) is 44.9 Å². The van der Waals surface area contributed by atoms with Crippen LogP contribution in [0.2, 0.25) is 0 Å². The normalized spacial score (nSPS) is 17.8. The molecule has 1 saturated heterocycles. The Hall–Kier alpha value is -1.26. The van der Waals surface area contributed by atoms with Crippen LogP contribution in [0.25, 0.3) is 0 Å². The molecule has 1 aliphatic heterocycles. The van der Waals surface area contributed by atoms with Gasteiger partial charge >= 0.3 is 12.0 Å². The lowest BCUT2D eigenvalue weighted by Crippen LogP contribution is -2.41. The Kier molecular flexibility index (Phi) is 6.43. The van der Waals surface area contributed by atoms with E-state index in [0.717, 1.165) is 25.9 Å². The summed E-state index contributed by atoms with van der Waals surface area (Å²) in [6.45, 7) is 1.79. The summed E-state index contributed by atoms with van der Waals surface area (Å²) in [5.41, 5.74) is 0. The van der Waals surface area contributed by atoms with Gasteiger partial charge in [0.25, 0.3) is 0 Å². The van der Waals surface area contributed by atoms with Crippen molar-refractivity contribution in [1.29, 1.82) is 0 Å². The molecule has 1 rings (SSSR count). The molecule has 0 atom stereocenters. The molecule has 2 amide bonds. The molecule has 0 radical (unpaired) electrons. The molecule has 5 nitrogen and oxygen atoms in total. The van der Waals surface area contributed by atoms with Crippen LogP contribution < -0.4 is 5.32 Å². The fourth-order valence-electron chi connectivity index (χ4n) is 2.02. The number of carbonyl (C=O) groups excluding carboxylic acids is 1. The number of amides is 2. The predicted molar refractivity (Wildman–Crippen MR) is 64.9 cm³/mol. The maximum Gasteiger partial charge on any atom is 0.317 e. The van der Waals surface area contributed by atoms with E-state index in [2.05, 4.69) is 5.32 Å². The molecule has 5 heteroatoms. The van der Waals surface area contributed by atoms with E-state index in [-0.39, 0.29) is 19.0 Å². The van der Waals surface area contributed by atoms with Crippen molar-refractivity contribution < 1.29 is 14.7 Å². The topological polar surface area (TPSA) is 69.6 Å². The number of nitrogens with zero attached hydrogens (tertiary/aromatic N) is 1. The molecule has 98 valence electrons. The summed E-state index contributed by atoms with van der Waals surface area (Å²) in [4.78, 5) is 23.9. The molecule has 0 aromatic carbocycles. The van der Waals surface area contributed by atoms with Gasteiger partial charge in [0.05, 0.1) is 6.42 Å². The van der Waals surface area contributed by atoms with E-state index in [1.807, 2.05) is 4.90 Å². The number of aliphatic carboxylic acids is 1. The Bertz CT molecular complexity index is 246. The number of carboxylic acids is 1. The third-order valence-corrected chi connectivity index (χ3v) is 3.01. The van der Waals surface area contributed by atoms with Crippen LogP contribution in [0.5, 0.6) is 0 Å². The lowest BCUT2D eigenvalue weighted by atomic mass is 10.1. The molecule has 0 saturated carbocycles. The Morgan fingerprint density at radius 3 is 2.06 bits per heavy atom. The SMILES string of the molecule is O=C(O)CCNC(=O)N1CCCCCCCC1. The third kappa shape index (κ3) is 6.14. The first-order valence-electron chi connectivity index (χ1n) is 6.45. The van der Waals surface area contributed by atoms with Gasteiger partial charge in [-0.05, 0) is 12.8 Å². The van der Waals surface area contributed by atoms with Crippen molar-refractivity contribution in [3.63, 3.8) is 0 Å². The average Bonchev–Trinajstić information content (AvgIpc) is 2.41. The molecular weight excluding hydrogens is 220 g/mol. The third-order valence-electron chi connectivity index (χ3n) is 3.01. The molecule has 0 bridgehead atoms. The highest BCUT2D eigenvalue weighted by Crippen LogP contribution is 2.11. The molecule has 0 aliphatic carbocycles. The van der Waals surface area contributed by atoms with E-state index < -0.39 is 5.97 Å². The Morgan fingerprint density at radius 1 is 1.00 bits per heavy atom. The lowest BCUT2D eigenvalue weighted by Gasteiger charge is -2.22. The van der Waals surface area contributed by atoms with Crippen molar-refractivity contribution in [2.45, 2.75) is 44.9 Å². The number of carboxylic acid groups (broad SMARTS) is 1. The van der Waals surface area contributed by atoms with Gasteiger partial charge in [-0.2, -0.15) is 0 Å². The predicted octanol–water partition coefficient (Wildman–Crippen LogP) is 1.83. The second kappa shape index (κ2) is 7.92. The summed E-state index contributed by atoms with van der Waals surface area (Å²) in [5, 5.41) is 11.1. The highest BCUT2D eigenvalue weighted by atomic mass is 16.4. The second-order valence-electron chi connectivity index (χ2n) is 4.48. The summed E-state index contributed by atoms with van der Waals surface area (Å²) in [6.07, 6.45) is 6.96. The highest BCUT2D eigenvalue weighted by Gasteiger charge is 2.13. The lowest BCUT2D eigenvalue weighted by molar-refractivity contribution is -0.136. The largest absolute Gasteiger partial charge is 0.481 e. The number of carbonyl (C=O) groups is 2. The fraction of sp³-hybridized carbons (Fsp3) is 0.833. The molecule has 0 unspecified atom stereocenters. The molecule has 1 heterocycles. The smallest absolute Gasteiger partial charge is 0.317 e. The molecule has 17 heavy (non-hydrogen) atoms. The number of hydrogen-bond acceptors (Lipinski definition) is 2. The first-order valence-corrected chi connectivity index (χ1v) is 6.45. The molecule has 0 aromatic rings. The maximum atomic E-state index is 11.8. The monoisotopic (exact) mass is 242 g/mol. The molecule has 2 N–H and O–H groups in total. The Morgan fingerprint density at radius 2 is 1.53 bits per heavy atom. The highest BCUT2D eigenvalue weighted by molar-refractivity contribution is 5.75. The second-order valence-corrected chi connectivity index (χ2v) is 4.48. The van der Waals surface area contributed by atoms with Crippen LogP contribution in [0, 0.1) is 0 Å². The van der Waals surface area contributed by atoms with Crippen molar-refractivity contribution in [3.8, 4) is 0 Å². The summed E-state index contributed by atoms with van der Waals surface area (Å²) in [7, 11) is 0. The van der Waals surface area contributed by atoms with Gasteiger partial charge in [0, 0.05) is 19.6 Å². The zero-order valence-electron chi connectivity index (χ0n) is 10.3. The first-order chi connectivity index (χ1) is 8.20. The molecule has 1 fully saturated rings. The zero-order chi connectivity index (χ0) is 12.5. The van der Waals surface area contributed by atoms with Crippen molar-refractivity contribution in [1.82, 2.24) is 10.2 Å². The van der Waals surface area contributed by atoms with Gasteiger partial charge in [-0.3, -0.25) is 4.79 Å². The number of urea groups is 1. The minimum Gasteiger partial charge on any atom is -0.481 e. The van der Waals surface area contributed by atoms with E-state index in [1.165, 1.54) is 25.7 Å². The summed E-state index contributed by atoms with van der Waals surface area (Å²) >= 11 is 0. The van der Waals surface area contributed by atoms with Crippen LogP contribution in [-0.2, 0) is 4.79 Å². The van der Waals surface area contributed by atoms with Gasteiger partial charge in [0.2, 0.25) is 0 Å². The Balaban J connectivity index is 2.28. The van der Waals surface area contributed by atoms with E-state index in [0.29, 0.717) is 0 Å². The quantitative estimate of drug-likeness (QED) is 0.793. The minimum atomic E-state index is -0.880. The number of nitrogens with one attached hydrogen (secondary N) is 1. The summed E-state index contributed by atoms with van der Waals surface area (Å²) in [6, 6.07) is -0.117. The van der Waals surface area contributed by atoms with Crippen LogP contribution in [0.4, 0.5) is 4.79 Å². The number of rotatable bonds is 3. The molecular formula is C12H22N2O3. The standard InChI is InChI=1S/C12H22N2O3/c15-11(16)7-8-13-12(17)14-9-5-3-1-2-4-6-10-14/h1-10H2,(H,13,17)(H,15,16). The van der Waals surface area contributed by atoms with Crippen molar-refractivity contribution in [3.05, 3.63) is 0 Å². The fourth-order valence-corrected chi connectivity index (χ4v) is 2.02. The van der Waals surface area contributed by atoms with Gasteiger partial charge < -0.3 is 15.3 Å². The minimum absolute atomic E-state index is 0.0143. The van der Waals surface area contributed by atoms with Gasteiger partial charge in [0.1, 0.15) is 0 Å². The van der Waals surface area contributed by atoms with Crippen molar-refractivity contribution >= 4 is 12.0 Å². The van der Waals surface area contributed by atoms with Gasteiger partial charge in [-0.25, -0.2) is 4.79 Å². The summed E-state index contributed by atoms with van der Waals surface area (Å²) < 4.78 is 0. The van der Waals surface area contributed by atoms with Crippen LogP contribution in [-0.4, -0.2) is 41.6 Å². The molecule has 0 aromatic heterocycles. The molecule has 1 aliphatic rings. The van der Waals surface area contributed by atoms with Crippen LogP contribution in [0.15, 0.2) is 0 Å². The number of hydrogen-bond donors (Lipinski definition) is 2. The van der Waals surface area contributed by atoms with Crippen LogP contribution in [0.3, 0.4) is 0 Å². The molecule has 0 spiro atoms. The summed E-state index contributed by atoms with van der Waals surface area (Å²) in [5.74, 6) is -0.880. The van der Waals surface area contributed by atoms with E-state index in [4.69, 9.17) is 5.11 Å². The van der Waals surface area contributed by atoms with Crippen LogP contribution >= 0.6 is 0 Å². The van der Waals surface area contributed by atoms with Gasteiger partial charge in [-0.1, -0.05) is 25.7 Å². The van der Waals surface area contributed by atoms with Crippen molar-refractivity contribution in [2.24, 2.45) is 0 Å². The van der Waals surface area contributed by atoms with E-state index in [1.54, 1.807) is 0 Å². The van der Waals surface area contributed by atoms with Gasteiger partial charge in [0.15, 0.2) is 0 Å². The maximum absolute atomic E-state index is 11.8. The first kappa shape index (κ1) is 13.8. The van der Waals surface area contributed by atoms with Crippen molar-refractivity contribution in [2.75, 3.05) is 19.6 Å².